The fourth-order valence-corrected chi connectivity index (χ4v) is 2.44. The zero-order chi connectivity index (χ0) is 17.1. The molecule has 3 aromatic heterocycles. The molecule has 3 heterocycles. The standard InChI is InChI=1S/C19H14N6/c1-13-2-4-14(5-3-13)19-24-17(15-7-20-11-21-8-15)6-18(25-19)16-9-22-12-23-10-16/h2-12H,1H3. The lowest BCUT2D eigenvalue weighted by Crippen LogP contribution is -1.97. The van der Waals surface area contributed by atoms with E-state index in [-0.39, 0.29) is 0 Å². The van der Waals surface area contributed by atoms with Gasteiger partial charge in [0.1, 0.15) is 12.7 Å². The summed E-state index contributed by atoms with van der Waals surface area (Å²) >= 11 is 0. The first-order chi connectivity index (χ1) is 12.3. The molecule has 0 fully saturated rings. The summed E-state index contributed by atoms with van der Waals surface area (Å²) in [6.07, 6.45) is 9.94. The van der Waals surface area contributed by atoms with Gasteiger partial charge in [-0.2, -0.15) is 0 Å². The number of hydrogen-bond donors (Lipinski definition) is 0. The summed E-state index contributed by atoms with van der Waals surface area (Å²) in [6, 6.07) is 10.0. The van der Waals surface area contributed by atoms with Crippen molar-refractivity contribution >= 4 is 0 Å². The maximum Gasteiger partial charge on any atom is 0.160 e. The molecule has 0 aliphatic rings. The van der Waals surface area contributed by atoms with E-state index in [4.69, 9.17) is 9.97 Å². The highest BCUT2D eigenvalue weighted by atomic mass is 14.9. The fourth-order valence-electron chi connectivity index (χ4n) is 2.44. The van der Waals surface area contributed by atoms with Crippen molar-refractivity contribution in [2.24, 2.45) is 0 Å². The van der Waals surface area contributed by atoms with Crippen molar-refractivity contribution in [3.8, 4) is 33.9 Å². The van der Waals surface area contributed by atoms with Gasteiger partial charge in [-0.1, -0.05) is 29.8 Å². The summed E-state index contributed by atoms with van der Waals surface area (Å²) < 4.78 is 0. The lowest BCUT2D eigenvalue weighted by molar-refractivity contribution is 1.12. The molecule has 0 N–H and O–H groups in total. The van der Waals surface area contributed by atoms with Gasteiger partial charge in [-0.15, -0.1) is 0 Å². The average Bonchev–Trinajstić information content (AvgIpc) is 2.69. The predicted octanol–water partition coefficient (Wildman–Crippen LogP) is 3.37. The third-order valence-corrected chi connectivity index (χ3v) is 3.75. The van der Waals surface area contributed by atoms with Crippen molar-refractivity contribution in [2.75, 3.05) is 0 Å². The van der Waals surface area contributed by atoms with E-state index in [1.54, 1.807) is 24.8 Å². The monoisotopic (exact) mass is 326 g/mol. The molecule has 1 aromatic carbocycles. The van der Waals surface area contributed by atoms with Gasteiger partial charge in [0.2, 0.25) is 0 Å². The molecule has 0 saturated heterocycles. The molecule has 120 valence electrons. The van der Waals surface area contributed by atoms with Crippen LogP contribution in [0.4, 0.5) is 0 Å². The number of aromatic nitrogens is 6. The molecule has 0 radical (unpaired) electrons. The number of hydrogen-bond acceptors (Lipinski definition) is 6. The zero-order valence-electron chi connectivity index (χ0n) is 13.5. The number of rotatable bonds is 3. The number of aryl methyl sites for hydroxylation is 1. The van der Waals surface area contributed by atoms with Crippen molar-refractivity contribution < 1.29 is 0 Å². The quantitative estimate of drug-likeness (QED) is 0.574. The fraction of sp³-hybridized carbons (Fsp3) is 0.0526. The van der Waals surface area contributed by atoms with Gasteiger partial charge in [-0.05, 0) is 13.0 Å². The van der Waals surface area contributed by atoms with E-state index < -0.39 is 0 Å². The molecular formula is C19H14N6. The lowest BCUT2D eigenvalue weighted by Gasteiger charge is -2.08. The van der Waals surface area contributed by atoms with Crippen LogP contribution in [0, 0.1) is 6.92 Å². The molecular weight excluding hydrogens is 312 g/mol. The summed E-state index contributed by atoms with van der Waals surface area (Å²) in [5.41, 5.74) is 5.30. The Kier molecular flexibility index (Phi) is 3.92. The van der Waals surface area contributed by atoms with E-state index in [2.05, 4.69) is 26.9 Å². The first-order valence-electron chi connectivity index (χ1n) is 7.76. The van der Waals surface area contributed by atoms with Gasteiger partial charge in [0.15, 0.2) is 5.82 Å². The average molecular weight is 326 g/mol. The van der Waals surface area contributed by atoms with Crippen LogP contribution in [0.3, 0.4) is 0 Å². The molecule has 0 atom stereocenters. The third kappa shape index (κ3) is 3.23. The van der Waals surface area contributed by atoms with E-state index in [0.29, 0.717) is 5.82 Å². The molecule has 6 nitrogen and oxygen atoms in total. The molecule has 0 bridgehead atoms. The van der Waals surface area contributed by atoms with Gasteiger partial charge in [-0.25, -0.2) is 29.9 Å². The van der Waals surface area contributed by atoms with Gasteiger partial charge in [0.25, 0.3) is 0 Å². The highest BCUT2D eigenvalue weighted by Gasteiger charge is 2.11. The van der Waals surface area contributed by atoms with Crippen molar-refractivity contribution in [2.45, 2.75) is 6.92 Å². The van der Waals surface area contributed by atoms with Crippen LogP contribution in [-0.2, 0) is 0 Å². The van der Waals surface area contributed by atoms with Gasteiger partial charge in [0.05, 0.1) is 11.4 Å². The molecule has 4 aromatic rings. The second kappa shape index (κ2) is 6.52. The molecule has 4 rings (SSSR count). The molecule has 25 heavy (non-hydrogen) atoms. The summed E-state index contributed by atoms with van der Waals surface area (Å²) in [5, 5.41) is 0. The minimum atomic E-state index is 0.639. The van der Waals surface area contributed by atoms with Gasteiger partial charge in [0, 0.05) is 41.5 Å². The van der Waals surface area contributed by atoms with E-state index in [9.17, 15) is 0 Å². The van der Waals surface area contributed by atoms with Crippen molar-refractivity contribution in [3.63, 3.8) is 0 Å². The van der Waals surface area contributed by atoms with E-state index in [1.807, 2.05) is 30.3 Å². The van der Waals surface area contributed by atoms with Crippen LogP contribution < -0.4 is 0 Å². The largest absolute Gasteiger partial charge is 0.244 e. The van der Waals surface area contributed by atoms with Crippen LogP contribution >= 0.6 is 0 Å². The van der Waals surface area contributed by atoms with E-state index in [0.717, 1.165) is 28.1 Å². The first-order valence-corrected chi connectivity index (χ1v) is 7.76. The number of benzene rings is 1. The minimum absolute atomic E-state index is 0.639. The van der Waals surface area contributed by atoms with E-state index >= 15 is 0 Å². The zero-order valence-corrected chi connectivity index (χ0v) is 13.5. The predicted molar refractivity (Wildman–Crippen MR) is 94.3 cm³/mol. The van der Waals surface area contributed by atoms with Crippen LogP contribution in [0.15, 0.2) is 67.8 Å². The molecule has 0 amide bonds. The molecule has 0 aliphatic carbocycles. The van der Waals surface area contributed by atoms with Gasteiger partial charge in [-0.3, -0.25) is 0 Å². The Hall–Kier alpha value is -3.54. The Morgan fingerprint density at radius 3 is 1.56 bits per heavy atom. The highest BCUT2D eigenvalue weighted by Crippen LogP contribution is 2.26. The molecule has 0 unspecified atom stereocenters. The maximum atomic E-state index is 4.70. The molecule has 6 heteroatoms. The van der Waals surface area contributed by atoms with Crippen molar-refractivity contribution in [1.82, 2.24) is 29.9 Å². The summed E-state index contributed by atoms with van der Waals surface area (Å²) in [6.45, 7) is 2.05. The topological polar surface area (TPSA) is 77.3 Å². The Morgan fingerprint density at radius 1 is 0.600 bits per heavy atom. The van der Waals surface area contributed by atoms with Crippen LogP contribution in [0.1, 0.15) is 5.56 Å². The third-order valence-electron chi connectivity index (χ3n) is 3.75. The Bertz CT molecular complexity index is 928. The number of nitrogens with zero attached hydrogens (tertiary/aromatic N) is 6. The molecule has 0 saturated carbocycles. The van der Waals surface area contributed by atoms with Gasteiger partial charge >= 0.3 is 0 Å². The molecule has 0 spiro atoms. The Morgan fingerprint density at radius 2 is 1.08 bits per heavy atom. The summed E-state index contributed by atoms with van der Waals surface area (Å²) in [5.74, 6) is 0.639. The van der Waals surface area contributed by atoms with Crippen LogP contribution in [0.5, 0.6) is 0 Å². The first kappa shape index (κ1) is 15.0. The van der Waals surface area contributed by atoms with Crippen molar-refractivity contribution in [3.05, 3.63) is 73.3 Å². The van der Waals surface area contributed by atoms with Gasteiger partial charge < -0.3 is 0 Å². The van der Waals surface area contributed by atoms with Crippen LogP contribution in [0.25, 0.3) is 33.9 Å². The Labute approximate surface area is 144 Å². The summed E-state index contributed by atoms with van der Waals surface area (Å²) in [7, 11) is 0. The summed E-state index contributed by atoms with van der Waals surface area (Å²) in [4.78, 5) is 25.7. The second-order valence-corrected chi connectivity index (χ2v) is 5.58. The molecule has 0 aliphatic heterocycles. The minimum Gasteiger partial charge on any atom is -0.244 e. The SMILES string of the molecule is Cc1ccc(-c2nc(-c3cncnc3)cc(-c3cncnc3)n2)cc1. The Balaban J connectivity index is 1.90. The lowest BCUT2D eigenvalue weighted by atomic mass is 10.1. The smallest absolute Gasteiger partial charge is 0.160 e. The highest BCUT2D eigenvalue weighted by molar-refractivity contribution is 5.70. The van der Waals surface area contributed by atoms with E-state index in [1.165, 1.54) is 18.2 Å². The normalized spacial score (nSPS) is 10.6. The van der Waals surface area contributed by atoms with Crippen LogP contribution in [-0.4, -0.2) is 29.9 Å². The van der Waals surface area contributed by atoms with Crippen molar-refractivity contribution in [1.29, 1.82) is 0 Å². The second-order valence-electron chi connectivity index (χ2n) is 5.58. The maximum absolute atomic E-state index is 4.70. The van der Waals surface area contributed by atoms with Crippen LogP contribution in [0.2, 0.25) is 0 Å².